The molecule has 5 atom stereocenters. The van der Waals surface area contributed by atoms with Crippen LogP contribution in [0.1, 0.15) is 64.2 Å². The van der Waals surface area contributed by atoms with Crippen molar-refractivity contribution in [1.29, 1.82) is 0 Å². The normalized spacial score (nSPS) is 38.9. The van der Waals surface area contributed by atoms with Gasteiger partial charge in [0.1, 0.15) is 12.2 Å². The van der Waals surface area contributed by atoms with Crippen molar-refractivity contribution in [3.8, 4) is 0 Å². The van der Waals surface area contributed by atoms with E-state index in [2.05, 4.69) is 21.2 Å². The van der Waals surface area contributed by atoms with Crippen molar-refractivity contribution in [1.82, 2.24) is 21.2 Å². The van der Waals surface area contributed by atoms with E-state index in [4.69, 9.17) is 4.84 Å². The highest BCUT2D eigenvalue weighted by molar-refractivity contribution is 5.82. The Kier molecular flexibility index (Phi) is 6.63. The van der Waals surface area contributed by atoms with E-state index in [1.165, 1.54) is 32.1 Å². The van der Waals surface area contributed by atoms with Crippen LogP contribution in [0.2, 0.25) is 0 Å². The van der Waals surface area contributed by atoms with Crippen LogP contribution in [-0.2, 0) is 9.63 Å². The summed E-state index contributed by atoms with van der Waals surface area (Å²) in [5.41, 5.74) is 6.30. The lowest BCUT2D eigenvalue weighted by Crippen LogP contribution is -2.47. The fraction of sp³-hybridized carbons (Fsp3) is 0.950. The first-order valence-electron chi connectivity index (χ1n) is 11.0. The molecule has 4 fully saturated rings. The zero-order valence-electron chi connectivity index (χ0n) is 16.3. The van der Waals surface area contributed by atoms with Crippen molar-refractivity contribution >= 4 is 5.91 Å². The summed E-state index contributed by atoms with van der Waals surface area (Å²) in [6.45, 7) is 2.72. The number of rotatable bonds is 5. The molecule has 5 unspecified atom stereocenters. The maximum absolute atomic E-state index is 14.2. The van der Waals surface area contributed by atoms with Gasteiger partial charge in [-0.1, -0.05) is 32.1 Å². The van der Waals surface area contributed by atoms with Crippen molar-refractivity contribution in [2.75, 3.05) is 19.6 Å². The summed E-state index contributed by atoms with van der Waals surface area (Å²) in [5.74, 6) is 0.703. The molecule has 154 valence electrons. The fourth-order valence-corrected chi connectivity index (χ4v) is 5.31. The SMILES string of the molecule is O=C(NC1CNN(CC2CCCCC2)C1)C1CC(C2CCCCC2F)ON1. The average Bonchev–Trinajstić information content (AvgIpc) is 3.33. The first-order valence-corrected chi connectivity index (χ1v) is 11.0. The number of hydrogen-bond donors (Lipinski definition) is 3. The summed E-state index contributed by atoms with van der Waals surface area (Å²) in [6.07, 6.45) is 9.87. The maximum atomic E-state index is 14.2. The zero-order chi connectivity index (χ0) is 18.6. The second kappa shape index (κ2) is 9.16. The molecule has 0 aromatic heterocycles. The molecular weight excluding hydrogens is 347 g/mol. The number of nitrogens with zero attached hydrogens (tertiary/aromatic N) is 1. The van der Waals surface area contributed by atoms with Crippen LogP contribution in [0.15, 0.2) is 0 Å². The van der Waals surface area contributed by atoms with Gasteiger partial charge < -0.3 is 5.32 Å². The van der Waals surface area contributed by atoms with E-state index >= 15 is 0 Å². The molecule has 6 nitrogen and oxygen atoms in total. The highest BCUT2D eigenvalue weighted by Gasteiger charge is 2.40. The van der Waals surface area contributed by atoms with Gasteiger partial charge in [0.2, 0.25) is 5.91 Å². The minimum absolute atomic E-state index is 0.0185. The Labute approximate surface area is 161 Å². The van der Waals surface area contributed by atoms with Gasteiger partial charge >= 0.3 is 0 Å². The van der Waals surface area contributed by atoms with Gasteiger partial charge in [-0.05, 0) is 31.6 Å². The van der Waals surface area contributed by atoms with Crippen molar-refractivity contribution in [3.63, 3.8) is 0 Å². The Morgan fingerprint density at radius 2 is 1.89 bits per heavy atom. The zero-order valence-corrected chi connectivity index (χ0v) is 16.3. The molecule has 7 heteroatoms. The lowest BCUT2D eigenvalue weighted by atomic mass is 9.82. The van der Waals surface area contributed by atoms with Crippen molar-refractivity contribution in [3.05, 3.63) is 0 Å². The molecule has 2 heterocycles. The van der Waals surface area contributed by atoms with Gasteiger partial charge in [0.05, 0.1) is 12.1 Å². The second-order valence-corrected chi connectivity index (χ2v) is 9.00. The van der Waals surface area contributed by atoms with Gasteiger partial charge in [-0.2, -0.15) is 5.48 Å². The van der Waals surface area contributed by atoms with Crippen LogP contribution < -0.4 is 16.2 Å². The van der Waals surface area contributed by atoms with Crippen LogP contribution in [0.25, 0.3) is 0 Å². The van der Waals surface area contributed by atoms with Crippen molar-refractivity contribution in [2.24, 2.45) is 11.8 Å². The van der Waals surface area contributed by atoms with Gasteiger partial charge in [-0.3, -0.25) is 15.1 Å². The first kappa shape index (κ1) is 19.6. The molecule has 27 heavy (non-hydrogen) atoms. The van der Waals surface area contributed by atoms with Crippen molar-refractivity contribution < 1.29 is 14.0 Å². The molecule has 0 aromatic rings. The summed E-state index contributed by atoms with van der Waals surface area (Å²) in [6, 6.07) is -0.234. The van der Waals surface area contributed by atoms with Gasteiger partial charge in [0.25, 0.3) is 0 Å². The summed E-state index contributed by atoms with van der Waals surface area (Å²) in [4.78, 5) is 18.2. The van der Waals surface area contributed by atoms with E-state index in [0.29, 0.717) is 12.8 Å². The number of carbonyl (C=O) groups excluding carboxylic acids is 1. The topological polar surface area (TPSA) is 65.6 Å². The molecular formula is C20H35FN4O2. The Hall–Kier alpha value is -0.760. The molecule has 1 amide bonds. The number of halogens is 1. The van der Waals surface area contributed by atoms with E-state index < -0.39 is 6.17 Å². The smallest absolute Gasteiger partial charge is 0.239 e. The number of carbonyl (C=O) groups is 1. The first-order chi connectivity index (χ1) is 13.2. The van der Waals surface area contributed by atoms with Gasteiger partial charge in [0, 0.05) is 32.0 Å². The molecule has 2 saturated carbocycles. The average molecular weight is 383 g/mol. The predicted octanol–water partition coefficient (Wildman–Crippen LogP) is 2.06. The van der Waals surface area contributed by atoms with E-state index in [-0.39, 0.29) is 30.0 Å². The van der Waals surface area contributed by atoms with E-state index in [1.54, 1.807) is 0 Å². The van der Waals surface area contributed by atoms with Crippen LogP contribution >= 0.6 is 0 Å². The molecule has 0 aromatic carbocycles. The van der Waals surface area contributed by atoms with Crippen LogP contribution in [-0.4, -0.2) is 54.9 Å². The largest absolute Gasteiger partial charge is 0.349 e. The Morgan fingerprint density at radius 1 is 1.11 bits per heavy atom. The van der Waals surface area contributed by atoms with Gasteiger partial charge in [-0.25, -0.2) is 9.40 Å². The van der Waals surface area contributed by atoms with Crippen LogP contribution in [0.4, 0.5) is 4.39 Å². The summed E-state index contributed by atoms with van der Waals surface area (Å²) in [7, 11) is 0. The van der Waals surface area contributed by atoms with E-state index in [9.17, 15) is 9.18 Å². The summed E-state index contributed by atoms with van der Waals surface area (Å²) < 4.78 is 14.2. The predicted molar refractivity (Wildman–Crippen MR) is 101 cm³/mol. The number of alkyl halides is 1. The highest BCUT2D eigenvalue weighted by Crippen LogP contribution is 2.34. The monoisotopic (exact) mass is 382 g/mol. The minimum atomic E-state index is -0.792. The molecule has 4 aliphatic rings. The number of hydrogen-bond acceptors (Lipinski definition) is 5. The third-order valence-electron chi connectivity index (χ3n) is 6.91. The molecule has 2 aliphatic carbocycles. The van der Waals surface area contributed by atoms with Crippen LogP contribution in [0, 0.1) is 11.8 Å². The third-order valence-corrected chi connectivity index (χ3v) is 6.91. The van der Waals surface area contributed by atoms with Crippen LogP contribution in [0.3, 0.4) is 0 Å². The Bertz CT molecular complexity index is 502. The molecule has 0 radical (unpaired) electrons. The molecule has 0 spiro atoms. The fourth-order valence-electron chi connectivity index (χ4n) is 5.31. The van der Waals surface area contributed by atoms with E-state index in [0.717, 1.165) is 44.8 Å². The Balaban J connectivity index is 1.19. The highest BCUT2D eigenvalue weighted by atomic mass is 19.1. The lowest BCUT2D eigenvalue weighted by Gasteiger charge is -2.29. The van der Waals surface area contributed by atoms with Crippen molar-refractivity contribution in [2.45, 2.75) is 88.6 Å². The maximum Gasteiger partial charge on any atom is 0.239 e. The molecule has 2 aliphatic heterocycles. The van der Waals surface area contributed by atoms with Crippen LogP contribution in [0.5, 0.6) is 0 Å². The molecule has 3 N–H and O–H groups in total. The number of nitrogens with one attached hydrogen (secondary N) is 3. The molecule has 4 rings (SSSR count). The standard InChI is InChI=1S/C20H35FN4O2/c21-17-9-5-4-8-16(17)19-10-18(24-27-19)20(26)23-15-11-22-25(13-15)12-14-6-2-1-3-7-14/h14-19,22,24H,1-13H2,(H,23,26). The van der Waals surface area contributed by atoms with Gasteiger partial charge in [0.15, 0.2) is 0 Å². The molecule has 0 bridgehead atoms. The van der Waals surface area contributed by atoms with Gasteiger partial charge in [-0.15, -0.1) is 0 Å². The second-order valence-electron chi connectivity index (χ2n) is 9.00. The minimum Gasteiger partial charge on any atom is -0.349 e. The quantitative estimate of drug-likeness (QED) is 0.679. The number of hydrazine groups is 1. The summed E-state index contributed by atoms with van der Waals surface area (Å²) >= 11 is 0. The number of amides is 1. The summed E-state index contributed by atoms with van der Waals surface area (Å²) in [5, 5.41) is 5.42. The lowest BCUT2D eigenvalue weighted by molar-refractivity contribution is -0.125. The molecule has 2 saturated heterocycles. The Morgan fingerprint density at radius 3 is 2.70 bits per heavy atom. The van der Waals surface area contributed by atoms with E-state index in [1.807, 2.05) is 0 Å². The third kappa shape index (κ3) is 5.00. The number of hydroxylamine groups is 1.